The summed E-state index contributed by atoms with van der Waals surface area (Å²) in [5.74, 6) is 0. The standard InChI is InChI=1S/C13H21N5/c1-11-9-13(12(2)17(11)3)10-14-5-4-7-18-8-6-15-16-18/h6,8-9,14H,4-5,7,10H2,1-3H3. The topological polar surface area (TPSA) is 47.7 Å². The minimum Gasteiger partial charge on any atom is -0.352 e. The third-order valence-corrected chi connectivity index (χ3v) is 3.41. The maximum atomic E-state index is 3.94. The molecule has 1 N–H and O–H groups in total. The Bertz CT molecular complexity index is 484. The molecule has 0 fully saturated rings. The molecule has 0 aliphatic heterocycles. The van der Waals surface area contributed by atoms with Crippen LogP contribution in [-0.2, 0) is 20.1 Å². The van der Waals surface area contributed by atoms with Crippen LogP contribution >= 0.6 is 0 Å². The molecule has 0 saturated heterocycles. The van der Waals surface area contributed by atoms with Gasteiger partial charge in [-0.15, -0.1) is 5.10 Å². The quantitative estimate of drug-likeness (QED) is 0.785. The third-order valence-electron chi connectivity index (χ3n) is 3.41. The second-order valence-electron chi connectivity index (χ2n) is 4.65. The molecule has 2 aromatic rings. The van der Waals surface area contributed by atoms with Crippen LogP contribution in [-0.4, -0.2) is 26.1 Å². The van der Waals surface area contributed by atoms with E-state index in [2.05, 4.69) is 47.2 Å². The van der Waals surface area contributed by atoms with Crippen molar-refractivity contribution in [2.45, 2.75) is 33.4 Å². The Morgan fingerprint density at radius 3 is 2.78 bits per heavy atom. The SMILES string of the molecule is Cc1cc(CNCCCn2ccnn2)c(C)n1C. The Kier molecular flexibility index (Phi) is 4.15. The fourth-order valence-electron chi connectivity index (χ4n) is 2.05. The van der Waals surface area contributed by atoms with Crippen molar-refractivity contribution < 1.29 is 0 Å². The summed E-state index contributed by atoms with van der Waals surface area (Å²) in [5.41, 5.74) is 4.04. The first-order chi connectivity index (χ1) is 8.68. The van der Waals surface area contributed by atoms with Gasteiger partial charge in [-0.05, 0) is 38.4 Å². The van der Waals surface area contributed by atoms with Gasteiger partial charge in [-0.1, -0.05) is 5.21 Å². The predicted molar refractivity (Wildman–Crippen MR) is 71.2 cm³/mol. The zero-order valence-electron chi connectivity index (χ0n) is 11.3. The maximum Gasteiger partial charge on any atom is 0.0692 e. The molecule has 0 amide bonds. The summed E-state index contributed by atoms with van der Waals surface area (Å²) in [5, 5.41) is 11.2. The van der Waals surface area contributed by atoms with Gasteiger partial charge in [-0.25, -0.2) is 0 Å². The van der Waals surface area contributed by atoms with Gasteiger partial charge in [0.25, 0.3) is 0 Å². The van der Waals surface area contributed by atoms with Crippen LogP contribution in [0.1, 0.15) is 23.4 Å². The van der Waals surface area contributed by atoms with E-state index in [1.165, 1.54) is 17.0 Å². The number of nitrogens with one attached hydrogen (secondary N) is 1. The number of hydrogen-bond acceptors (Lipinski definition) is 3. The molecule has 2 heterocycles. The van der Waals surface area contributed by atoms with Crippen molar-refractivity contribution in [3.05, 3.63) is 35.4 Å². The van der Waals surface area contributed by atoms with E-state index in [0.29, 0.717) is 0 Å². The van der Waals surface area contributed by atoms with Crippen LogP contribution in [0, 0.1) is 13.8 Å². The first-order valence-electron chi connectivity index (χ1n) is 6.35. The number of nitrogens with zero attached hydrogens (tertiary/aromatic N) is 4. The number of rotatable bonds is 6. The molecule has 0 unspecified atom stereocenters. The highest BCUT2D eigenvalue weighted by Crippen LogP contribution is 2.12. The molecule has 0 atom stereocenters. The smallest absolute Gasteiger partial charge is 0.0692 e. The first kappa shape index (κ1) is 12.8. The van der Waals surface area contributed by atoms with Crippen molar-refractivity contribution in [3.63, 3.8) is 0 Å². The molecule has 0 saturated carbocycles. The molecule has 5 heteroatoms. The largest absolute Gasteiger partial charge is 0.352 e. The van der Waals surface area contributed by atoms with Crippen LogP contribution in [0.2, 0.25) is 0 Å². The highest BCUT2D eigenvalue weighted by Gasteiger charge is 2.04. The van der Waals surface area contributed by atoms with Crippen molar-refractivity contribution in [2.24, 2.45) is 7.05 Å². The molecule has 2 aromatic heterocycles. The van der Waals surface area contributed by atoms with E-state index in [-0.39, 0.29) is 0 Å². The van der Waals surface area contributed by atoms with Crippen LogP contribution in [0.3, 0.4) is 0 Å². The molecule has 0 spiro atoms. The average Bonchev–Trinajstić information content (AvgIpc) is 2.95. The Balaban J connectivity index is 1.70. The van der Waals surface area contributed by atoms with Crippen molar-refractivity contribution in [3.8, 4) is 0 Å². The molecule has 0 aliphatic rings. The highest BCUT2D eigenvalue weighted by atomic mass is 15.4. The van der Waals surface area contributed by atoms with E-state index >= 15 is 0 Å². The van der Waals surface area contributed by atoms with Gasteiger partial charge in [0.15, 0.2) is 0 Å². The summed E-state index contributed by atoms with van der Waals surface area (Å²) in [6, 6.07) is 2.25. The van der Waals surface area contributed by atoms with Crippen LogP contribution in [0.5, 0.6) is 0 Å². The molecule has 0 aliphatic carbocycles. The Hall–Kier alpha value is -1.62. The zero-order valence-corrected chi connectivity index (χ0v) is 11.3. The monoisotopic (exact) mass is 247 g/mol. The minimum atomic E-state index is 0.916. The van der Waals surface area contributed by atoms with E-state index in [4.69, 9.17) is 0 Å². The molecule has 0 bridgehead atoms. The first-order valence-corrected chi connectivity index (χ1v) is 6.35. The van der Waals surface area contributed by atoms with E-state index in [9.17, 15) is 0 Å². The van der Waals surface area contributed by atoms with Crippen LogP contribution in [0.15, 0.2) is 18.5 Å². The van der Waals surface area contributed by atoms with Gasteiger partial charge in [0.05, 0.1) is 6.20 Å². The minimum absolute atomic E-state index is 0.916. The van der Waals surface area contributed by atoms with Gasteiger partial charge >= 0.3 is 0 Å². The maximum absolute atomic E-state index is 3.94. The molecule has 0 radical (unpaired) electrons. The fraction of sp³-hybridized carbons (Fsp3) is 0.538. The van der Waals surface area contributed by atoms with Gasteiger partial charge in [-0.2, -0.15) is 0 Å². The molecule has 98 valence electrons. The second-order valence-corrected chi connectivity index (χ2v) is 4.65. The lowest BCUT2D eigenvalue weighted by molar-refractivity contribution is 0.529. The summed E-state index contributed by atoms with van der Waals surface area (Å²) in [6.45, 7) is 7.15. The summed E-state index contributed by atoms with van der Waals surface area (Å²) >= 11 is 0. The van der Waals surface area contributed by atoms with Gasteiger partial charge in [0.2, 0.25) is 0 Å². The van der Waals surface area contributed by atoms with Crippen molar-refractivity contribution in [1.29, 1.82) is 0 Å². The summed E-state index contributed by atoms with van der Waals surface area (Å²) in [7, 11) is 2.11. The Morgan fingerprint density at radius 2 is 2.17 bits per heavy atom. The molecular formula is C13H21N5. The predicted octanol–water partition coefficient (Wildman–Crippen LogP) is 1.41. The van der Waals surface area contributed by atoms with E-state index in [1.54, 1.807) is 6.20 Å². The number of hydrogen-bond donors (Lipinski definition) is 1. The summed E-state index contributed by atoms with van der Waals surface area (Å²) in [4.78, 5) is 0. The Morgan fingerprint density at radius 1 is 1.33 bits per heavy atom. The van der Waals surface area contributed by atoms with Gasteiger partial charge in [0, 0.05) is 37.7 Å². The third kappa shape index (κ3) is 2.98. The highest BCUT2D eigenvalue weighted by molar-refractivity contribution is 5.26. The van der Waals surface area contributed by atoms with Crippen molar-refractivity contribution in [2.75, 3.05) is 6.54 Å². The van der Waals surface area contributed by atoms with Gasteiger partial charge < -0.3 is 9.88 Å². The van der Waals surface area contributed by atoms with Crippen molar-refractivity contribution in [1.82, 2.24) is 24.9 Å². The molecule has 18 heavy (non-hydrogen) atoms. The number of aromatic nitrogens is 4. The van der Waals surface area contributed by atoms with Crippen molar-refractivity contribution >= 4 is 0 Å². The van der Waals surface area contributed by atoms with E-state index in [1.807, 2.05) is 10.9 Å². The zero-order chi connectivity index (χ0) is 13.0. The molecule has 0 aromatic carbocycles. The normalized spacial score (nSPS) is 11.1. The lowest BCUT2D eigenvalue weighted by atomic mass is 10.2. The number of aryl methyl sites for hydroxylation is 2. The summed E-state index contributed by atoms with van der Waals surface area (Å²) < 4.78 is 4.09. The van der Waals surface area contributed by atoms with Crippen LogP contribution < -0.4 is 5.32 Å². The lowest BCUT2D eigenvalue weighted by Crippen LogP contribution is -2.17. The van der Waals surface area contributed by atoms with Crippen LogP contribution in [0.4, 0.5) is 0 Å². The second kappa shape index (κ2) is 5.82. The van der Waals surface area contributed by atoms with Gasteiger partial charge in [-0.3, -0.25) is 4.68 Å². The molecule has 5 nitrogen and oxygen atoms in total. The van der Waals surface area contributed by atoms with E-state index in [0.717, 1.165) is 26.1 Å². The Labute approximate surface area is 108 Å². The summed E-state index contributed by atoms with van der Waals surface area (Å²) in [6.07, 6.45) is 4.67. The van der Waals surface area contributed by atoms with Crippen LogP contribution in [0.25, 0.3) is 0 Å². The molecular weight excluding hydrogens is 226 g/mol. The van der Waals surface area contributed by atoms with Gasteiger partial charge in [0.1, 0.15) is 0 Å². The van der Waals surface area contributed by atoms with E-state index < -0.39 is 0 Å². The fourth-order valence-corrected chi connectivity index (χ4v) is 2.05. The molecule has 2 rings (SSSR count). The lowest BCUT2D eigenvalue weighted by Gasteiger charge is -2.05. The average molecular weight is 247 g/mol.